The molecule has 1 amide bonds. The average molecular weight is 231 g/mol. The fraction of sp³-hybridized carbons (Fsp3) is 0.167. The van der Waals surface area contributed by atoms with Gasteiger partial charge in [-0.1, -0.05) is 12.6 Å². The van der Waals surface area contributed by atoms with Crippen LogP contribution in [0, 0.1) is 0 Å². The normalized spacial score (nSPS) is 12.3. The summed E-state index contributed by atoms with van der Waals surface area (Å²) >= 11 is 0. The summed E-state index contributed by atoms with van der Waals surface area (Å²) < 4.78 is 0. The third kappa shape index (κ3) is 2.28. The average Bonchev–Trinajstić information content (AvgIpc) is 2.67. The van der Waals surface area contributed by atoms with Crippen molar-refractivity contribution >= 4 is 16.9 Å². The number of carbonyl (C=O) groups is 1. The molecule has 5 heteroatoms. The molecule has 1 aromatic carbocycles. The van der Waals surface area contributed by atoms with Gasteiger partial charge in [0.05, 0.1) is 17.1 Å². The molecule has 1 atom stereocenters. The molecule has 0 aliphatic rings. The number of carbonyl (C=O) groups excluding carboxylic acids is 1. The first kappa shape index (κ1) is 11.2. The first-order chi connectivity index (χ1) is 8.10. The topological polar surface area (TPSA) is 77.8 Å². The van der Waals surface area contributed by atoms with E-state index in [2.05, 4.69) is 21.9 Å². The number of hydrogen-bond donors (Lipinski definition) is 3. The Morgan fingerprint density at radius 2 is 2.12 bits per heavy atom. The van der Waals surface area contributed by atoms with E-state index in [0.717, 1.165) is 16.6 Å². The smallest absolute Gasteiger partial charge is 0.323 e. The number of amides is 1. The number of imidazole rings is 1. The van der Waals surface area contributed by atoms with Crippen molar-refractivity contribution in [1.29, 1.82) is 0 Å². The highest BCUT2D eigenvalue weighted by Gasteiger charge is 2.08. The molecule has 5 nitrogen and oxygen atoms in total. The number of hydrogen-bond acceptors (Lipinski definition) is 2. The van der Waals surface area contributed by atoms with Gasteiger partial charge in [0.1, 0.15) is 0 Å². The second kappa shape index (κ2) is 4.29. The maximum Gasteiger partial charge on any atom is 0.323 e. The molecule has 1 unspecified atom stereocenters. The van der Waals surface area contributed by atoms with Crippen molar-refractivity contribution in [3.05, 3.63) is 46.9 Å². The second-order valence-electron chi connectivity index (χ2n) is 3.82. The summed E-state index contributed by atoms with van der Waals surface area (Å²) in [6.07, 6.45) is 1.23. The molecule has 0 saturated heterocycles. The molecule has 2 rings (SSSR count). The van der Waals surface area contributed by atoms with Gasteiger partial charge in [-0.15, -0.1) is 0 Å². The molecule has 2 aromatic rings. The van der Waals surface area contributed by atoms with Gasteiger partial charge in [-0.05, 0) is 30.7 Å². The zero-order valence-corrected chi connectivity index (χ0v) is 9.41. The van der Waals surface area contributed by atoms with Crippen LogP contribution in [0.5, 0.6) is 0 Å². The van der Waals surface area contributed by atoms with E-state index in [0.29, 0.717) is 0 Å². The summed E-state index contributed by atoms with van der Waals surface area (Å²) in [4.78, 5) is 27.6. The van der Waals surface area contributed by atoms with Gasteiger partial charge in [-0.25, -0.2) is 4.79 Å². The molecule has 17 heavy (non-hydrogen) atoms. The fourth-order valence-electron chi connectivity index (χ4n) is 1.68. The zero-order chi connectivity index (χ0) is 12.4. The minimum absolute atomic E-state index is 0.136. The number of nitrogens with one attached hydrogen (secondary N) is 3. The lowest BCUT2D eigenvalue weighted by Gasteiger charge is -2.12. The van der Waals surface area contributed by atoms with Gasteiger partial charge >= 0.3 is 5.69 Å². The van der Waals surface area contributed by atoms with Crippen LogP contribution in [-0.4, -0.2) is 15.9 Å². The first-order valence-electron chi connectivity index (χ1n) is 5.25. The maximum atomic E-state index is 11.2. The predicted molar refractivity (Wildman–Crippen MR) is 65.7 cm³/mol. The summed E-state index contributed by atoms with van der Waals surface area (Å²) in [5, 5.41) is 2.76. The molecule has 3 N–H and O–H groups in total. The van der Waals surface area contributed by atoms with E-state index in [-0.39, 0.29) is 17.6 Å². The Morgan fingerprint density at radius 3 is 2.82 bits per heavy atom. The van der Waals surface area contributed by atoms with Crippen LogP contribution in [0.1, 0.15) is 18.5 Å². The van der Waals surface area contributed by atoms with E-state index < -0.39 is 0 Å². The fourth-order valence-corrected chi connectivity index (χ4v) is 1.68. The lowest BCUT2D eigenvalue weighted by Crippen LogP contribution is -2.24. The molecule has 1 heterocycles. The largest absolute Gasteiger partial charge is 0.346 e. The van der Waals surface area contributed by atoms with Gasteiger partial charge in [0.2, 0.25) is 5.91 Å². The molecule has 88 valence electrons. The van der Waals surface area contributed by atoms with E-state index in [4.69, 9.17) is 0 Å². The van der Waals surface area contributed by atoms with Crippen molar-refractivity contribution in [3.8, 4) is 0 Å². The standard InChI is InChI=1S/C12H13N3O2/c1-3-11(16)13-7(2)8-4-5-9-10(6-8)15-12(17)14-9/h3-7H,1H2,2H3,(H,13,16)(H2,14,15,17). The van der Waals surface area contributed by atoms with Crippen molar-refractivity contribution in [3.63, 3.8) is 0 Å². The van der Waals surface area contributed by atoms with Crippen molar-refractivity contribution < 1.29 is 4.79 Å². The van der Waals surface area contributed by atoms with Crippen LogP contribution in [0.15, 0.2) is 35.6 Å². The zero-order valence-electron chi connectivity index (χ0n) is 9.41. The number of aromatic amines is 2. The number of fused-ring (bicyclic) bond motifs is 1. The van der Waals surface area contributed by atoms with Crippen molar-refractivity contribution in [1.82, 2.24) is 15.3 Å². The molecular formula is C12H13N3O2. The van der Waals surface area contributed by atoms with Crippen LogP contribution >= 0.6 is 0 Å². The highest BCUT2D eigenvalue weighted by molar-refractivity contribution is 5.87. The number of aromatic nitrogens is 2. The highest BCUT2D eigenvalue weighted by Crippen LogP contribution is 2.16. The van der Waals surface area contributed by atoms with Crippen LogP contribution in [-0.2, 0) is 4.79 Å². The Bertz CT molecular complexity index is 624. The van der Waals surface area contributed by atoms with Gasteiger partial charge < -0.3 is 15.3 Å². The van der Waals surface area contributed by atoms with E-state index in [1.165, 1.54) is 6.08 Å². The summed E-state index contributed by atoms with van der Waals surface area (Å²) in [6.45, 7) is 5.26. The van der Waals surface area contributed by atoms with Crippen molar-refractivity contribution in [2.24, 2.45) is 0 Å². The minimum atomic E-state index is -0.236. The quantitative estimate of drug-likeness (QED) is 0.694. The third-order valence-corrected chi connectivity index (χ3v) is 2.58. The van der Waals surface area contributed by atoms with E-state index in [1.54, 1.807) is 6.07 Å². The molecule has 1 aromatic heterocycles. The first-order valence-corrected chi connectivity index (χ1v) is 5.25. The molecule has 0 aliphatic carbocycles. The van der Waals surface area contributed by atoms with Crippen LogP contribution < -0.4 is 11.0 Å². The Hall–Kier alpha value is -2.30. The monoisotopic (exact) mass is 231 g/mol. The van der Waals surface area contributed by atoms with Gasteiger partial charge in [0.15, 0.2) is 0 Å². The van der Waals surface area contributed by atoms with Gasteiger partial charge in [-0.3, -0.25) is 4.79 Å². The second-order valence-corrected chi connectivity index (χ2v) is 3.82. The maximum absolute atomic E-state index is 11.2. The number of benzene rings is 1. The van der Waals surface area contributed by atoms with E-state index in [1.807, 2.05) is 19.1 Å². The highest BCUT2D eigenvalue weighted by atomic mass is 16.1. The molecule has 0 saturated carbocycles. The van der Waals surface area contributed by atoms with Gasteiger partial charge in [-0.2, -0.15) is 0 Å². The van der Waals surface area contributed by atoms with Crippen molar-refractivity contribution in [2.45, 2.75) is 13.0 Å². The van der Waals surface area contributed by atoms with Crippen LogP contribution in [0.3, 0.4) is 0 Å². The SMILES string of the molecule is C=CC(=O)NC(C)c1ccc2[nH]c(=O)[nH]c2c1. The van der Waals surface area contributed by atoms with E-state index >= 15 is 0 Å². The molecule has 0 bridgehead atoms. The molecule has 0 spiro atoms. The lowest BCUT2D eigenvalue weighted by atomic mass is 10.1. The summed E-state index contributed by atoms with van der Waals surface area (Å²) in [5.74, 6) is -0.222. The molecule has 0 fully saturated rings. The van der Waals surface area contributed by atoms with Crippen LogP contribution in [0.4, 0.5) is 0 Å². The number of rotatable bonds is 3. The van der Waals surface area contributed by atoms with Crippen molar-refractivity contribution in [2.75, 3.05) is 0 Å². The predicted octanol–water partition coefficient (Wildman–Crippen LogP) is 1.22. The third-order valence-electron chi connectivity index (χ3n) is 2.58. The Kier molecular flexibility index (Phi) is 2.82. The Morgan fingerprint density at radius 1 is 1.41 bits per heavy atom. The van der Waals surface area contributed by atoms with Crippen LogP contribution in [0.25, 0.3) is 11.0 Å². The van der Waals surface area contributed by atoms with Gasteiger partial charge in [0.25, 0.3) is 0 Å². The molecule has 0 aliphatic heterocycles. The summed E-state index contributed by atoms with van der Waals surface area (Å²) in [5.41, 5.74) is 2.16. The Balaban J connectivity index is 2.32. The molecular weight excluding hydrogens is 218 g/mol. The van der Waals surface area contributed by atoms with Crippen LogP contribution in [0.2, 0.25) is 0 Å². The van der Waals surface area contributed by atoms with Gasteiger partial charge in [0, 0.05) is 0 Å². The summed E-state index contributed by atoms with van der Waals surface area (Å²) in [6, 6.07) is 5.36. The number of H-pyrrole nitrogens is 2. The lowest BCUT2D eigenvalue weighted by molar-refractivity contribution is -0.117. The summed E-state index contributed by atoms with van der Waals surface area (Å²) in [7, 11) is 0. The Labute approximate surface area is 97.5 Å². The molecule has 0 radical (unpaired) electrons. The minimum Gasteiger partial charge on any atom is -0.346 e. The van der Waals surface area contributed by atoms with E-state index in [9.17, 15) is 9.59 Å².